The maximum atomic E-state index is 12.7. The first-order valence-electron chi connectivity index (χ1n) is 7.05. The van der Waals surface area contributed by atoms with Gasteiger partial charge in [0.1, 0.15) is 0 Å². The van der Waals surface area contributed by atoms with E-state index in [-0.39, 0.29) is 11.9 Å². The molecule has 3 rings (SSSR count). The third-order valence-electron chi connectivity index (χ3n) is 3.83. The summed E-state index contributed by atoms with van der Waals surface area (Å²) < 4.78 is 1.77. The number of aromatic nitrogens is 3. The van der Waals surface area contributed by atoms with Crippen LogP contribution in [-0.2, 0) is 7.05 Å². The van der Waals surface area contributed by atoms with Crippen molar-refractivity contribution in [2.75, 3.05) is 6.54 Å². The van der Waals surface area contributed by atoms with Crippen LogP contribution in [0.5, 0.6) is 0 Å². The van der Waals surface area contributed by atoms with E-state index >= 15 is 0 Å². The van der Waals surface area contributed by atoms with E-state index < -0.39 is 0 Å². The predicted octanol–water partition coefficient (Wildman–Crippen LogP) is 2.84. The summed E-state index contributed by atoms with van der Waals surface area (Å²) in [5, 5.41) is 4.70. The predicted molar refractivity (Wildman–Crippen MR) is 80.1 cm³/mol. The Morgan fingerprint density at radius 2 is 2.19 bits per heavy atom. The summed E-state index contributed by atoms with van der Waals surface area (Å²) >= 11 is 5.94. The lowest BCUT2D eigenvalue weighted by Gasteiger charge is -2.35. The Kier molecular flexibility index (Phi) is 3.92. The van der Waals surface area contributed by atoms with Crippen molar-refractivity contribution in [1.29, 1.82) is 0 Å². The van der Waals surface area contributed by atoms with Gasteiger partial charge in [0.05, 0.1) is 22.8 Å². The average Bonchev–Trinajstić information content (AvgIpc) is 2.93. The number of nitrogens with zero attached hydrogens (tertiary/aromatic N) is 4. The number of rotatable bonds is 2. The number of halogens is 1. The van der Waals surface area contributed by atoms with Crippen LogP contribution in [0.2, 0.25) is 5.02 Å². The summed E-state index contributed by atoms with van der Waals surface area (Å²) in [7, 11) is 1.89. The molecule has 1 aliphatic rings. The number of hydrogen-bond donors (Lipinski definition) is 0. The molecule has 0 aliphatic carbocycles. The molecule has 1 aliphatic heterocycles. The van der Waals surface area contributed by atoms with Crippen LogP contribution in [0.25, 0.3) is 0 Å². The minimum atomic E-state index is -0.0152. The number of likely N-dealkylation sites (tertiary alicyclic amines) is 1. The van der Waals surface area contributed by atoms with Crippen molar-refractivity contribution in [3.8, 4) is 0 Å². The molecule has 0 aromatic carbocycles. The first-order valence-corrected chi connectivity index (χ1v) is 7.43. The van der Waals surface area contributed by atoms with Gasteiger partial charge < -0.3 is 4.90 Å². The molecular weight excluding hydrogens is 288 g/mol. The standard InChI is InChI=1S/C15H17ClN4O/c1-19-10-12(8-18-19)14-4-2-3-5-20(14)15(21)11-6-13(16)9-17-7-11/h6-10,14H,2-5H2,1H3. The van der Waals surface area contributed by atoms with Gasteiger partial charge in [-0.3, -0.25) is 14.5 Å². The molecule has 2 aromatic heterocycles. The molecule has 1 unspecified atom stereocenters. The van der Waals surface area contributed by atoms with Crippen molar-refractivity contribution in [3.63, 3.8) is 0 Å². The van der Waals surface area contributed by atoms with Crippen LogP contribution in [0.15, 0.2) is 30.9 Å². The van der Waals surface area contributed by atoms with Crippen molar-refractivity contribution in [3.05, 3.63) is 47.0 Å². The lowest BCUT2D eigenvalue weighted by atomic mass is 9.96. The number of carbonyl (C=O) groups is 1. The van der Waals surface area contributed by atoms with Crippen LogP contribution in [-0.4, -0.2) is 32.1 Å². The molecule has 0 radical (unpaired) electrons. The summed E-state index contributed by atoms with van der Waals surface area (Å²) in [5.41, 5.74) is 1.62. The van der Waals surface area contributed by atoms with Gasteiger partial charge in [0.25, 0.3) is 5.91 Å². The molecule has 2 aromatic rings. The summed E-state index contributed by atoms with van der Waals surface area (Å²) in [6.07, 6.45) is 10.0. The number of piperidine rings is 1. The van der Waals surface area contributed by atoms with Gasteiger partial charge in [-0.1, -0.05) is 11.6 Å². The first-order chi connectivity index (χ1) is 10.1. The highest BCUT2D eigenvalue weighted by Gasteiger charge is 2.29. The molecule has 1 saturated heterocycles. The van der Waals surface area contributed by atoms with Crippen LogP contribution in [0.4, 0.5) is 0 Å². The molecule has 3 heterocycles. The third kappa shape index (κ3) is 2.93. The molecular formula is C15H17ClN4O. The van der Waals surface area contributed by atoms with Crippen molar-refractivity contribution >= 4 is 17.5 Å². The molecule has 1 fully saturated rings. The fourth-order valence-electron chi connectivity index (χ4n) is 2.83. The van der Waals surface area contributed by atoms with Crippen LogP contribution in [0.1, 0.15) is 41.2 Å². The number of hydrogen-bond acceptors (Lipinski definition) is 3. The highest BCUT2D eigenvalue weighted by molar-refractivity contribution is 6.30. The fraction of sp³-hybridized carbons (Fsp3) is 0.400. The van der Waals surface area contributed by atoms with Crippen LogP contribution in [0.3, 0.4) is 0 Å². The largest absolute Gasteiger partial charge is 0.331 e. The average molecular weight is 305 g/mol. The molecule has 0 bridgehead atoms. The number of carbonyl (C=O) groups excluding carboxylic acids is 1. The smallest absolute Gasteiger partial charge is 0.255 e. The maximum absolute atomic E-state index is 12.7. The Hall–Kier alpha value is -1.88. The van der Waals surface area contributed by atoms with Gasteiger partial charge in [0, 0.05) is 37.7 Å². The quantitative estimate of drug-likeness (QED) is 0.857. The van der Waals surface area contributed by atoms with Crippen molar-refractivity contribution < 1.29 is 4.79 Å². The number of pyridine rings is 1. The molecule has 5 nitrogen and oxygen atoms in total. The summed E-state index contributed by atoms with van der Waals surface area (Å²) in [5.74, 6) is -0.0152. The van der Waals surface area contributed by atoms with Crippen molar-refractivity contribution in [1.82, 2.24) is 19.7 Å². The van der Waals surface area contributed by atoms with Gasteiger partial charge in [0.2, 0.25) is 0 Å². The summed E-state index contributed by atoms with van der Waals surface area (Å²) in [6, 6.07) is 1.75. The minimum absolute atomic E-state index is 0.0152. The molecule has 0 N–H and O–H groups in total. The maximum Gasteiger partial charge on any atom is 0.255 e. The lowest BCUT2D eigenvalue weighted by Crippen LogP contribution is -2.38. The van der Waals surface area contributed by atoms with Crippen LogP contribution >= 0.6 is 11.6 Å². The zero-order chi connectivity index (χ0) is 14.8. The fourth-order valence-corrected chi connectivity index (χ4v) is 3.00. The molecule has 6 heteroatoms. The minimum Gasteiger partial charge on any atom is -0.331 e. The molecule has 110 valence electrons. The second kappa shape index (κ2) is 5.85. The van der Waals surface area contributed by atoms with Gasteiger partial charge in [-0.15, -0.1) is 0 Å². The van der Waals surface area contributed by atoms with Crippen molar-refractivity contribution in [2.45, 2.75) is 25.3 Å². The van der Waals surface area contributed by atoms with E-state index in [1.165, 1.54) is 6.20 Å². The highest BCUT2D eigenvalue weighted by Crippen LogP contribution is 2.31. The Morgan fingerprint density at radius 1 is 1.33 bits per heavy atom. The van der Waals surface area contributed by atoms with E-state index in [1.807, 2.05) is 24.3 Å². The van der Waals surface area contributed by atoms with Gasteiger partial charge in [-0.05, 0) is 25.3 Å². The van der Waals surface area contributed by atoms with Crippen LogP contribution < -0.4 is 0 Å². The first kappa shape index (κ1) is 14.1. The third-order valence-corrected chi connectivity index (χ3v) is 4.03. The Labute approximate surface area is 128 Å². The van der Waals surface area contributed by atoms with E-state index in [4.69, 9.17) is 11.6 Å². The van der Waals surface area contributed by atoms with Gasteiger partial charge >= 0.3 is 0 Å². The normalized spacial score (nSPS) is 18.8. The van der Waals surface area contributed by atoms with Crippen molar-refractivity contribution in [2.24, 2.45) is 7.05 Å². The number of aryl methyl sites for hydroxylation is 1. The van der Waals surface area contributed by atoms with E-state index in [9.17, 15) is 4.79 Å². The second-order valence-electron chi connectivity index (χ2n) is 5.35. The number of amides is 1. The highest BCUT2D eigenvalue weighted by atomic mass is 35.5. The van der Waals surface area contributed by atoms with Crippen LogP contribution in [0, 0.1) is 0 Å². The van der Waals surface area contributed by atoms with E-state index in [0.29, 0.717) is 10.6 Å². The monoisotopic (exact) mass is 304 g/mol. The van der Waals surface area contributed by atoms with E-state index in [0.717, 1.165) is 31.4 Å². The molecule has 21 heavy (non-hydrogen) atoms. The summed E-state index contributed by atoms with van der Waals surface area (Å²) in [4.78, 5) is 18.7. The van der Waals surface area contributed by atoms with Gasteiger partial charge in [-0.25, -0.2) is 0 Å². The Balaban J connectivity index is 1.89. The van der Waals surface area contributed by atoms with Gasteiger partial charge in [-0.2, -0.15) is 5.10 Å². The Morgan fingerprint density at radius 3 is 2.90 bits per heavy atom. The molecule has 0 spiro atoms. The molecule has 1 amide bonds. The second-order valence-corrected chi connectivity index (χ2v) is 5.79. The zero-order valence-corrected chi connectivity index (χ0v) is 12.6. The molecule has 1 atom stereocenters. The zero-order valence-electron chi connectivity index (χ0n) is 11.9. The van der Waals surface area contributed by atoms with E-state index in [1.54, 1.807) is 16.9 Å². The van der Waals surface area contributed by atoms with Gasteiger partial charge in [0.15, 0.2) is 0 Å². The molecule has 0 saturated carbocycles. The topological polar surface area (TPSA) is 51.0 Å². The van der Waals surface area contributed by atoms with E-state index in [2.05, 4.69) is 10.1 Å². The SMILES string of the molecule is Cn1cc(C2CCCCN2C(=O)c2cncc(Cl)c2)cn1. The summed E-state index contributed by atoms with van der Waals surface area (Å²) in [6.45, 7) is 0.755. The lowest BCUT2D eigenvalue weighted by molar-refractivity contribution is 0.0611. The Bertz CT molecular complexity index is 655.